The molecule has 19 heavy (non-hydrogen) atoms. The Labute approximate surface area is 113 Å². The molecule has 2 N–H and O–H groups in total. The molecule has 0 aromatic carbocycles. The van der Waals surface area contributed by atoms with Gasteiger partial charge in [-0.05, 0) is 44.4 Å². The summed E-state index contributed by atoms with van der Waals surface area (Å²) in [6.07, 6.45) is 4.86. The summed E-state index contributed by atoms with van der Waals surface area (Å²) in [4.78, 5) is 22.5. The van der Waals surface area contributed by atoms with Gasteiger partial charge < -0.3 is 10.2 Å². The first-order valence-electron chi connectivity index (χ1n) is 6.15. The molecule has 0 bridgehead atoms. The van der Waals surface area contributed by atoms with E-state index in [1.165, 1.54) is 12.2 Å². The van der Waals surface area contributed by atoms with Crippen LogP contribution in [0, 0.1) is 5.41 Å². The molecule has 1 rings (SSSR count). The topological polar surface area (TPSA) is 74.6 Å². The average Bonchev–Trinajstić information content (AvgIpc) is 2.29. The van der Waals surface area contributed by atoms with Gasteiger partial charge in [0.2, 0.25) is 0 Å². The molecule has 4 nitrogen and oxygen atoms in total. The Balaban J connectivity index is 3.13. The van der Waals surface area contributed by atoms with E-state index in [2.05, 4.69) is 6.58 Å². The highest BCUT2D eigenvalue weighted by Crippen LogP contribution is 2.45. The van der Waals surface area contributed by atoms with Gasteiger partial charge in [-0.1, -0.05) is 12.7 Å². The van der Waals surface area contributed by atoms with Gasteiger partial charge in [0.25, 0.3) is 0 Å². The van der Waals surface area contributed by atoms with Crippen LogP contribution in [0.15, 0.2) is 36.0 Å². The lowest BCUT2D eigenvalue weighted by Crippen LogP contribution is -2.52. The van der Waals surface area contributed by atoms with Crippen molar-refractivity contribution in [2.24, 2.45) is 5.41 Å². The summed E-state index contributed by atoms with van der Waals surface area (Å²) < 4.78 is 0. The number of rotatable bonds is 3. The van der Waals surface area contributed by atoms with E-state index in [-0.39, 0.29) is 5.78 Å². The lowest BCUT2D eigenvalue weighted by atomic mass is 9.62. The minimum Gasteiger partial charge on any atom is -0.478 e. The number of hydrogen-bond acceptors (Lipinski definition) is 3. The summed E-state index contributed by atoms with van der Waals surface area (Å²) in [6, 6.07) is 0. The summed E-state index contributed by atoms with van der Waals surface area (Å²) >= 11 is 0. The van der Waals surface area contributed by atoms with E-state index >= 15 is 0 Å². The second-order valence-electron chi connectivity index (χ2n) is 5.48. The van der Waals surface area contributed by atoms with Crippen LogP contribution < -0.4 is 0 Å². The zero-order chi connectivity index (χ0) is 14.8. The van der Waals surface area contributed by atoms with Crippen LogP contribution in [0.1, 0.15) is 33.6 Å². The maximum atomic E-state index is 12.0. The highest BCUT2D eigenvalue weighted by molar-refractivity contribution is 5.88. The van der Waals surface area contributed by atoms with Crippen LogP contribution in [0.3, 0.4) is 0 Å². The predicted octanol–water partition coefficient (Wildman–Crippen LogP) is 2.25. The lowest BCUT2D eigenvalue weighted by Gasteiger charge is -2.44. The van der Waals surface area contributed by atoms with E-state index in [4.69, 9.17) is 5.11 Å². The van der Waals surface area contributed by atoms with Gasteiger partial charge in [-0.3, -0.25) is 4.79 Å². The molecule has 1 aliphatic carbocycles. The van der Waals surface area contributed by atoms with Crippen LogP contribution in [0.5, 0.6) is 0 Å². The van der Waals surface area contributed by atoms with Crippen molar-refractivity contribution in [2.75, 3.05) is 0 Å². The minimum atomic E-state index is -1.43. The molecule has 1 saturated carbocycles. The minimum absolute atomic E-state index is 0.0214. The van der Waals surface area contributed by atoms with Crippen molar-refractivity contribution in [3.8, 4) is 0 Å². The van der Waals surface area contributed by atoms with E-state index in [1.54, 1.807) is 20.8 Å². The van der Waals surface area contributed by atoms with Gasteiger partial charge in [0, 0.05) is 12.5 Å². The molecule has 4 heteroatoms. The molecule has 0 heterocycles. The number of ketones is 1. The van der Waals surface area contributed by atoms with Gasteiger partial charge in [0.1, 0.15) is 11.4 Å². The largest absolute Gasteiger partial charge is 0.478 e. The normalized spacial score (nSPS) is 27.9. The smallest absolute Gasteiger partial charge is 0.328 e. The number of carboxylic acid groups (broad SMARTS) is 1. The molecule has 0 spiro atoms. The Hall–Kier alpha value is -1.68. The number of carboxylic acids is 1. The number of aliphatic carboxylic acids is 1. The van der Waals surface area contributed by atoms with Crippen LogP contribution in [0.25, 0.3) is 0 Å². The Morgan fingerprint density at radius 1 is 1.37 bits per heavy atom. The molecular formula is C15H20O4. The molecule has 0 unspecified atom stereocenters. The first-order valence-corrected chi connectivity index (χ1v) is 6.15. The third-order valence-electron chi connectivity index (χ3n) is 3.78. The van der Waals surface area contributed by atoms with Crippen molar-refractivity contribution in [3.63, 3.8) is 0 Å². The molecule has 0 aliphatic heterocycles. The van der Waals surface area contributed by atoms with Gasteiger partial charge in [0.05, 0.1) is 5.41 Å². The van der Waals surface area contributed by atoms with E-state index < -0.39 is 17.0 Å². The van der Waals surface area contributed by atoms with E-state index in [0.29, 0.717) is 24.0 Å². The number of aliphatic hydroxyl groups is 1. The van der Waals surface area contributed by atoms with E-state index in [1.807, 2.05) is 0 Å². The van der Waals surface area contributed by atoms with Crippen LogP contribution in [-0.4, -0.2) is 27.6 Å². The second-order valence-corrected chi connectivity index (χ2v) is 5.48. The molecule has 1 fully saturated rings. The maximum absolute atomic E-state index is 12.0. The van der Waals surface area contributed by atoms with Gasteiger partial charge >= 0.3 is 5.97 Å². The third kappa shape index (κ3) is 2.84. The average molecular weight is 264 g/mol. The van der Waals surface area contributed by atoms with Crippen molar-refractivity contribution in [3.05, 3.63) is 36.0 Å². The van der Waals surface area contributed by atoms with Crippen molar-refractivity contribution in [1.29, 1.82) is 0 Å². The predicted molar refractivity (Wildman–Crippen MR) is 72.6 cm³/mol. The number of carbonyl (C=O) groups excluding carboxylic acids is 1. The number of hydrogen-bond donors (Lipinski definition) is 2. The van der Waals surface area contributed by atoms with Gasteiger partial charge in [-0.25, -0.2) is 4.79 Å². The van der Waals surface area contributed by atoms with Crippen molar-refractivity contribution in [1.82, 2.24) is 0 Å². The Bertz CT molecular complexity index is 482. The van der Waals surface area contributed by atoms with Crippen LogP contribution in [0.2, 0.25) is 0 Å². The van der Waals surface area contributed by atoms with Crippen molar-refractivity contribution in [2.45, 2.75) is 39.2 Å². The fourth-order valence-electron chi connectivity index (χ4n) is 2.24. The number of Topliss-reactive ketones (excluding diaryl/α,β-unsaturated/α-hetero) is 1. The summed E-state index contributed by atoms with van der Waals surface area (Å²) in [6.45, 7) is 8.83. The van der Waals surface area contributed by atoms with Crippen molar-refractivity contribution < 1.29 is 19.8 Å². The third-order valence-corrected chi connectivity index (χ3v) is 3.78. The number of carbonyl (C=O) groups is 2. The highest BCUT2D eigenvalue weighted by atomic mass is 16.4. The maximum Gasteiger partial charge on any atom is 0.328 e. The van der Waals surface area contributed by atoms with E-state index in [0.717, 1.165) is 6.08 Å². The fourth-order valence-corrected chi connectivity index (χ4v) is 2.24. The molecular weight excluding hydrogens is 244 g/mol. The quantitative estimate of drug-likeness (QED) is 0.466. The highest BCUT2D eigenvalue weighted by Gasteiger charge is 2.51. The standard InChI is InChI=1S/C15H20O4/c1-10(9-13(17)18)7-8-15(19)11(2)5-6-12(16)14(15,3)4/h7-9,19H,2,5-6H2,1,3-4H3,(H,17,18)/b8-7+,10-9-/t15-/m1/s1. The molecule has 0 amide bonds. The summed E-state index contributed by atoms with van der Waals surface area (Å²) in [7, 11) is 0. The Kier molecular flexibility index (Phi) is 4.15. The second kappa shape index (κ2) is 5.13. The molecule has 0 radical (unpaired) electrons. The summed E-state index contributed by atoms with van der Waals surface area (Å²) in [5.41, 5.74) is -1.32. The monoisotopic (exact) mass is 264 g/mol. The van der Waals surface area contributed by atoms with Crippen LogP contribution in [0.4, 0.5) is 0 Å². The molecule has 0 aromatic rings. The summed E-state index contributed by atoms with van der Waals surface area (Å²) in [5, 5.41) is 19.4. The fraction of sp³-hybridized carbons (Fsp3) is 0.467. The van der Waals surface area contributed by atoms with E-state index in [9.17, 15) is 14.7 Å². The molecule has 104 valence electrons. The summed E-state index contributed by atoms with van der Waals surface area (Å²) in [5.74, 6) is -1.07. The van der Waals surface area contributed by atoms with Crippen molar-refractivity contribution >= 4 is 11.8 Å². The van der Waals surface area contributed by atoms with Crippen LogP contribution >= 0.6 is 0 Å². The first kappa shape index (κ1) is 15.4. The molecule has 0 saturated heterocycles. The molecule has 1 aliphatic rings. The number of allylic oxidation sites excluding steroid dienone is 2. The van der Waals surface area contributed by atoms with Crippen LogP contribution in [-0.2, 0) is 9.59 Å². The zero-order valence-electron chi connectivity index (χ0n) is 11.6. The zero-order valence-corrected chi connectivity index (χ0v) is 11.6. The molecule has 0 aromatic heterocycles. The Morgan fingerprint density at radius 3 is 2.47 bits per heavy atom. The van der Waals surface area contributed by atoms with Gasteiger partial charge in [-0.2, -0.15) is 0 Å². The Morgan fingerprint density at radius 2 is 1.95 bits per heavy atom. The van der Waals surface area contributed by atoms with Gasteiger partial charge in [-0.15, -0.1) is 0 Å². The SMILES string of the molecule is C=C1CCC(=O)C(C)(C)[C@@]1(O)/C=C/C(C)=C\C(=O)O. The lowest BCUT2D eigenvalue weighted by molar-refractivity contribution is -0.139. The van der Waals surface area contributed by atoms with Gasteiger partial charge in [0.15, 0.2) is 0 Å². The molecule has 1 atom stereocenters. The first-order chi connectivity index (χ1) is 8.61.